The fourth-order valence-electron chi connectivity index (χ4n) is 6.86. The molecule has 52 heavy (non-hydrogen) atoms. The lowest BCUT2D eigenvalue weighted by atomic mass is 9.78. The van der Waals surface area contributed by atoms with Crippen molar-refractivity contribution in [3.05, 3.63) is 52.8 Å². The molecule has 282 valence electrons. The number of phenols is 3. The van der Waals surface area contributed by atoms with Gasteiger partial charge in [0.2, 0.25) is 0 Å². The molecule has 3 aliphatic rings. The van der Waals surface area contributed by atoms with Crippen molar-refractivity contribution >= 4 is 40.4 Å². The van der Waals surface area contributed by atoms with E-state index >= 15 is 0 Å². The summed E-state index contributed by atoms with van der Waals surface area (Å²) in [4.78, 5) is 51.8. The van der Waals surface area contributed by atoms with E-state index in [-0.39, 0.29) is 28.7 Å². The summed E-state index contributed by atoms with van der Waals surface area (Å²) in [6, 6.07) is 0. The van der Waals surface area contributed by atoms with Gasteiger partial charge < -0.3 is 49.8 Å². The Morgan fingerprint density at radius 1 is 0.942 bits per heavy atom. The van der Waals surface area contributed by atoms with Crippen LogP contribution in [0.2, 0.25) is 0 Å². The van der Waals surface area contributed by atoms with Crippen LogP contribution in [-0.2, 0) is 23.8 Å². The van der Waals surface area contributed by atoms with Crippen molar-refractivity contribution < 1.29 is 63.7 Å². The highest BCUT2D eigenvalue weighted by Crippen LogP contribution is 2.55. The standard InChI is InChI=1S/C38H47NO13/c1-16-11-10-12-17(2)37(48)39-28-23(15-40)32(45)25-26(33(28)46)31(44)21(6)35-27(25)36(47)38(8,52-35)50-14-13-24(49-9)18(3)34(51-22(7)41)20(5)30(43)19(4)29(16)42/h10-16,18-20,24,29-30,34,42-46H,1-9H3,(H,39,48)/t16-,18+,19+,20+,24-,29-,30+,34+,38-/m0/s1. The van der Waals surface area contributed by atoms with E-state index in [1.54, 1.807) is 33.8 Å². The minimum atomic E-state index is -2.08. The zero-order valence-electron chi connectivity index (χ0n) is 30.6. The molecule has 0 spiro atoms. The molecule has 0 saturated carbocycles. The molecule has 0 fully saturated rings. The van der Waals surface area contributed by atoms with Crippen molar-refractivity contribution in [2.75, 3.05) is 12.4 Å². The number of aromatic hydroxyl groups is 3. The van der Waals surface area contributed by atoms with E-state index in [1.165, 1.54) is 53.0 Å². The van der Waals surface area contributed by atoms with Crippen LogP contribution < -0.4 is 10.1 Å². The lowest BCUT2D eigenvalue weighted by Gasteiger charge is -2.38. The fraction of sp³-hybridized carbons (Fsp3) is 0.474. The SMILES string of the molecule is CO[C@H]1C=CO[C@@]2(C)Oc3c(C)c(O)c4c(O)c(c(C=O)c(O)c4c3C2=O)NC(=O)C(C)=CC=C[C@H](C)[C@H](O)[C@@H](C)[C@@H](O)[C@@H](C)[C@H](OC(C)=O)[C@@H]1C. The van der Waals surface area contributed by atoms with Crippen LogP contribution in [-0.4, -0.2) is 86.8 Å². The van der Waals surface area contributed by atoms with Crippen LogP contribution in [0.1, 0.15) is 74.7 Å². The zero-order chi connectivity index (χ0) is 39.0. The number of aldehydes is 1. The molecular weight excluding hydrogens is 678 g/mol. The number of anilines is 1. The number of benzene rings is 2. The first-order valence-electron chi connectivity index (χ1n) is 16.9. The van der Waals surface area contributed by atoms with Gasteiger partial charge in [-0.15, -0.1) is 0 Å². The third-order valence-corrected chi connectivity index (χ3v) is 10.2. The molecule has 1 amide bonds. The average Bonchev–Trinajstić information content (AvgIpc) is 3.36. The van der Waals surface area contributed by atoms with E-state index < -0.39 is 111 Å². The van der Waals surface area contributed by atoms with Gasteiger partial charge in [-0.3, -0.25) is 19.2 Å². The average molecular weight is 726 g/mol. The smallest absolute Gasteiger partial charge is 0.312 e. The summed E-state index contributed by atoms with van der Waals surface area (Å²) in [5.41, 5.74) is -1.27. The van der Waals surface area contributed by atoms with Crippen molar-refractivity contribution in [3.8, 4) is 23.0 Å². The molecular formula is C38H47NO13. The van der Waals surface area contributed by atoms with Crippen LogP contribution in [0.25, 0.3) is 10.8 Å². The van der Waals surface area contributed by atoms with Gasteiger partial charge in [0.25, 0.3) is 11.7 Å². The highest BCUT2D eigenvalue weighted by Gasteiger charge is 2.50. The number of phenolic OH excluding ortho intramolecular Hbond substituents is 3. The quantitative estimate of drug-likeness (QED) is 0.111. The molecule has 5 bridgehead atoms. The Morgan fingerprint density at radius 2 is 1.60 bits per heavy atom. The van der Waals surface area contributed by atoms with Crippen LogP contribution in [0.4, 0.5) is 5.69 Å². The van der Waals surface area contributed by atoms with Crippen LogP contribution in [0, 0.1) is 30.6 Å². The summed E-state index contributed by atoms with van der Waals surface area (Å²) in [7, 11) is 1.41. The number of nitrogens with one attached hydrogen (secondary N) is 1. The lowest BCUT2D eigenvalue weighted by molar-refractivity contribution is -0.160. The molecule has 0 unspecified atom stereocenters. The highest BCUT2D eigenvalue weighted by molar-refractivity contribution is 6.23. The van der Waals surface area contributed by atoms with Crippen LogP contribution in [0.15, 0.2) is 36.1 Å². The molecule has 3 aliphatic heterocycles. The Hall–Kier alpha value is -4.92. The Kier molecular flexibility index (Phi) is 11.8. The number of methoxy groups -OCH3 is 1. The van der Waals surface area contributed by atoms with Gasteiger partial charge in [0, 0.05) is 61.2 Å². The largest absolute Gasteiger partial charge is 0.507 e. The van der Waals surface area contributed by atoms with Crippen molar-refractivity contribution in [1.29, 1.82) is 0 Å². The molecule has 0 aliphatic carbocycles. The number of rotatable bonds is 3. The number of fused-ring (bicyclic) bond motifs is 14. The maximum absolute atomic E-state index is 14.0. The summed E-state index contributed by atoms with van der Waals surface area (Å²) in [5, 5.41) is 58.2. The molecule has 3 heterocycles. The molecule has 14 nitrogen and oxygen atoms in total. The summed E-state index contributed by atoms with van der Waals surface area (Å²) >= 11 is 0. The normalized spacial score (nSPS) is 30.1. The minimum Gasteiger partial charge on any atom is -0.507 e. The first kappa shape index (κ1) is 39.9. The predicted octanol–water partition coefficient (Wildman–Crippen LogP) is 4.57. The summed E-state index contributed by atoms with van der Waals surface area (Å²) in [5.74, 6) is -9.19. The number of hydrogen-bond donors (Lipinski definition) is 6. The van der Waals surface area contributed by atoms with Gasteiger partial charge in [0.05, 0.1) is 46.8 Å². The molecule has 6 N–H and O–H groups in total. The van der Waals surface area contributed by atoms with Crippen molar-refractivity contribution in [1.82, 2.24) is 0 Å². The van der Waals surface area contributed by atoms with Crippen molar-refractivity contribution in [2.24, 2.45) is 23.7 Å². The number of amides is 1. The van der Waals surface area contributed by atoms with Crippen molar-refractivity contribution in [3.63, 3.8) is 0 Å². The van der Waals surface area contributed by atoms with Crippen LogP contribution in [0.5, 0.6) is 23.0 Å². The number of aliphatic hydroxyl groups excluding tert-OH is 2. The second-order valence-electron chi connectivity index (χ2n) is 13.7. The molecule has 9 atom stereocenters. The van der Waals surface area contributed by atoms with E-state index in [4.69, 9.17) is 18.9 Å². The third kappa shape index (κ3) is 7.10. The van der Waals surface area contributed by atoms with E-state index in [0.717, 1.165) is 6.26 Å². The van der Waals surface area contributed by atoms with Gasteiger partial charge in [-0.1, -0.05) is 45.9 Å². The second kappa shape index (κ2) is 15.4. The first-order valence-corrected chi connectivity index (χ1v) is 16.9. The number of allylic oxidation sites excluding steroid dienone is 2. The van der Waals surface area contributed by atoms with Crippen LogP contribution in [0.3, 0.4) is 0 Å². The maximum atomic E-state index is 14.0. The van der Waals surface area contributed by atoms with Crippen LogP contribution >= 0.6 is 0 Å². The Bertz CT molecular complexity index is 1860. The number of hydrogen-bond acceptors (Lipinski definition) is 13. The van der Waals surface area contributed by atoms with Gasteiger partial charge in [0.15, 0.2) is 12.0 Å². The predicted molar refractivity (Wildman–Crippen MR) is 189 cm³/mol. The molecule has 0 saturated heterocycles. The molecule has 0 aromatic heterocycles. The number of ether oxygens (including phenoxy) is 4. The first-order chi connectivity index (χ1) is 24.3. The minimum absolute atomic E-state index is 0.00425. The van der Waals surface area contributed by atoms with E-state index in [1.807, 2.05) is 0 Å². The monoisotopic (exact) mass is 725 g/mol. The van der Waals surface area contributed by atoms with Gasteiger partial charge in [0.1, 0.15) is 23.4 Å². The Balaban J connectivity index is 1.93. The van der Waals surface area contributed by atoms with E-state index in [2.05, 4.69) is 5.32 Å². The van der Waals surface area contributed by atoms with Gasteiger partial charge in [-0.25, -0.2) is 0 Å². The molecule has 0 radical (unpaired) electrons. The molecule has 2 aromatic rings. The molecule has 2 aromatic carbocycles. The molecule has 5 rings (SSSR count). The fourth-order valence-corrected chi connectivity index (χ4v) is 6.86. The van der Waals surface area contributed by atoms with Gasteiger partial charge in [-0.2, -0.15) is 0 Å². The van der Waals surface area contributed by atoms with E-state index in [0.29, 0.717) is 0 Å². The van der Waals surface area contributed by atoms with E-state index in [9.17, 15) is 44.7 Å². The Labute approximate surface area is 301 Å². The summed E-state index contributed by atoms with van der Waals surface area (Å²) < 4.78 is 23.1. The van der Waals surface area contributed by atoms with Gasteiger partial charge >= 0.3 is 11.8 Å². The molecule has 14 heteroatoms. The maximum Gasteiger partial charge on any atom is 0.312 e. The zero-order valence-corrected chi connectivity index (χ0v) is 30.6. The second-order valence-corrected chi connectivity index (χ2v) is 13.7. The number of ketones is 1. The number of esters is 1. The number of aliphatic hydroxyl groups is 2. The topological polar surface area (TPSA) is 218 Å². The third-order valence-electron chi connectivity index (χ3n) is 10.2. The number of carbonyl (C=O) groups is 4. The Morgan fingerprint density at radius 3 is 2.19 bits per heavy atom. The number of carbonyl (C=O) groups excluding carboxylic acids is 4. The summed E-state index contributed by atoms with van der Waals surface area (Å²) in [6.07, 6.45) is 3.41. The summed E-state index contributed by atoms with van der Waals surface area (Å²) in [6.45, 7) is 12.2. The highest BCUT2D eigenvalue weighted by atomic mass is 16.7. The van der Waals surface area contributed by atoms with Gasteiger partial charge in [-0.05, 0) is 19.9 Å². The lowest BCUT2D eigenvalue weighted by Crippen LogP contribution is -2.46. The van der Waals surface area contributed by atoms with Crippen molar-refractivity contribution in [2.45, 2.75) is 85.6 Å². The number of Topliss-reactive ketones (excluding diaryl/α,β-unsaturated/α-hetero) is 1.